The summed E-state index contributed by atoms with van der Waals surface area (Å²) in [4.78, 5) is 0. The summed E-state index contributed by atoms with van der Waals surface area (Å²) in [5.74, 6) is 0.276. The van der Waals surface area contributed by atoms with E-state index in [2.05, 4.69) is 0 Å². The highest BCUT2D eigenvalue weighted by Gasteiger charge is 2.16. The lowest BCUT2D eigenvalue weighted by Crippen LogP contribution is -2.26. The van der Waals surface area contributed by atoms with Crippen molar-refractivity contribution in [2.75, 3.05) is 0 Å². The molecule has 0 saturated heterocycles. The first-order valence-corrected chi connectivity index (χ1v) is 7.07. The van der Waals surface area contributed by atoms with Crippen LogP contribution in [-0.4, -0.2) is 6.04 Å². The zero-order chi connectivity index (χ0) is 13.8. The fourth-order valence-electron chi connectivity index (χ4n) is 2.19. The lowest BCUT2D eigenvalue weighted by molar-refractivity contribution is 0.565. The van der Waals surface area contributed by atoms with Crippen molar-refractivity contribution >= 4 is 23.2 Å². The van der Waals surface area contributed by atoms with Gasteiger partial charge in [-0.05, 0) is 48.7 Å². The summed E-state index contributed by atoms with van der Waals surface area (Å²) in [5.41, 5.74) is 8.58. The standard InChI is InChI=1S/C16H17Cl2N/c1-11(19)16(13-4-8-15(18)9-5-13)10-12-2-6-14(17)7-3-12/h2-9,11,16H,10,19H2,1H3/t11-,16-/m0/s1. The van der Waals surface area contributed by atoms with Gasteiger partial charge in [-0.25, -0.2) is 0 Å². The molecule has 2 aromatic carbocycles. The van der Waals surface area contributed by atoms with Gasteiger partial charge in [0.2, 0.25) is 0 Å². The third-order valence-electron chi connectivity index (χ3n) is 3.30. The van der Waals surface area contributed by atoms with Crippen LogP contribution >= 0.6 is 23.2 Å². The number of nitrogens with two attached hydrogens (primary N) is 1. The first-order valence-electron chi connectivity index (χ1n) is 6.32. The topological polar surface area (TPSA) is 26.0 Å². The van der Waals surface area contributed by atoms with Crippen molar-refractivity contribution in [3.8, 4) is 0 Å². The van der Waals surface area contributed by atoms with Crippen molar-refractivity contribution in [1.82, 2.24) is 0 Å². The molecule has 2 aromatic rings. The Morgan fingerprint density at radius 3 is 1.84 bits per heavy atom. The number of hydrogen-bond acceptors (Lipinski definition) is 1. The lowest BCUT2D eigenvalue weighted by Gasteiger charge is -2.21. The Hall–Kier alpha value is -1.02. The molecule has 0 aliphatic carbocycles. The van der Waals surface area contributed by atoms with Crippen molar-refractivity contribution in [2.24, 2.45) is 5.73 Å². The van der Waals surface area contributed by atoms with Crippen LogP contribution in [-0.2, 0) is 6.42 Å². The Labute approximate surface area is 124 Å². The smallest absolute Gasteiger partial charge is 0.0406 e. The largest absolute Gasteiger partial charge is 0.327 e. The molecule has 0 bridgehead atoms. The second kappa shape index (κ2) is 6.42. The molecule has 2 N–H and O–H groups in total. The summed E-state index contributed by atoms with van der Waals surface area (Å²) in [6.07, 6.45) is 0.899. The van der Waals surface area contributed by atoms with Gasteiger partial charge in [-0.1, -0.05) is 47.5 Å². The monoisotopic (exact) mass is 293 g/mol. The maximum atomic E-state index is 6.13. The van der Waals surface area contributed by atoms with E-state index in [9.17, 15) is 0 Å². The zero-order valence-corrected chi connectivity index (χ0v) is 12.3. The fraction of sp³-hybridized carbons (Fsp3) is 0.250. The van der Waals surface area contributed by atoms with Crippen LogP contribution in [0.3, 0.4) is 0 Å². The average Bonchev–Trinajstić information content (AvgIpc) is 2.39. The van der Waals surface area contributed by atoms with Gasteiger partial charge in [0, 0.05) is 22.0 Å². The Morgan fingerprint density at radius 1 is 0.895 bits per heavy atom. The molecule has 0 unspecified atom stereocenters. The molecule has 0 aromatic heterocycles. The molecule has 0 aliphatic heterocycles. The zero-order valence-electron chi connectivity index (χ0n) is 10.8. The third kappa shape index (κ3) is 3.97. The van der Waals surface area contributed by atoms with Gasteiger partial charge in [0.1, 0.15) is 0 Å². The van der Waals surface area contributed by atoms with Gasteiger partial charge in [0.05, 0.1) is 0 Å². The summed E-state index contributed by atoms with van der Waals surface area (Å²) in [7, 11) is 0. The minimum atomic E-state index is 0.0804. The molecule has 0 spiro atoms. The molecular formula is C16H17Cl2N. The van der Waals surface area contributed by atoms with Gasteiger partial charge in [0.25, 0.3) is 0 Å². The van der Waals surface area contributed by atoms with Crippen LogP contribution in [0.5, 0.6) is 0 Å². The van der Waals surface area contributed by atoms with Crippen LogP contribution in [0.4, 0.5) is 0 Å². The van der Waals surface area contributed by atoms with E-state index >= 15 is 0 Å². The van der Waals surface area contributed by atoms with Crippen molar-refractivity contribution < 1.29 is 0 Å². The summed E-state index contributed by atoms with van der Waals surface area (Å²) >= 11 is 11.8. The predicted octanol–water partition coefficient (Wildman–Crippen LogP) is 4.67. The van der Waals surface area contributed by atoms with E-state index in [1.807, 2.05) is 55.5 Å². The fourth-order valence-corrected chi connectivity index (χ4v) is 2.44. The maximum absolute atomic E-state index is 6.13. The van der Waals surface area contributed by atoms with E-state index in [4.69, 9.17) is 28.9 Å². The van der Waals surface area contributed by atoms with Gasteiger partial charge in [-0.15, -0.1) is 0 Å². The second-order valence-electron chi connectivity index (χ2n) is 4.85. The van der Waals surface area contributed by atoms with Gasteiger partial charge in [-0.3, -0.25) is 0 Å². The highest BCUT2D eigenvalue weighted by molar-refractivity contribution is 6.30. The summed E-state index contributed by atoms with van der Waals surface area (Å²) in [6.45, 7) is 2.04. The van der Waals surface area contributed by atoms with Crippen molar-refractivity contribution in [2.45, 2.75) is 25.3 Å². The van der Waals surface area contributed by atoms with Crippen LogP contribution in [0.1, 0.15) is 24.0 Å². The van der Waals surface area contributed by atoms with E-state index in [1.165, 1.54) is 11.1 Å². The Morgan fingerprint density at radius 2 is 1.37 bits per heavy atom. The highest BCUT2D eigenvalue weighted by atomic mass is 35.5. The molecule has 2 rings (SSSR count). The minimum Gasteiger partial charge on any atom is -0.327 e. The van der Waals surface area contributed by atoms with Gasteiger partial charge in [-0.2, -0.15) is 0 Å². The predicted molar refractivity (Wildman–Crippen MR) is 83.0 cm³/mol. The van der Waals surface area contributed by atoms with Gasteiger partial charge in [0.15, 0.2) is 0 Å². The van der Waals surface area contributed by atoms with E-state index in [0.29, 0.717) is 0 Å². The van der Waals surface area contributed by atoms with Crippen LogP contribution < -0.4 is 5.73 Å². The quantitative estimate of drug-likeness (QED) is 0.871. The van der Waals surface area contributed by atoms with Crippen molar-refractivity contribution in [3.05, 3.63) is 69.7 Å². The molecule has 0 amide bonds. The van der Waals surface area contributed by atoms with Crippen molar-refractivity contribution in [3.63, 3.8) is 0 Å². The summed E-state index contributed by atoms with van der Waals surface area (Å²) in [6, 6.07) is 15.9. The van der Waals surface area contributed by atoms with Crippen LogP contribution in [0.25, 0.3) is 0 Å². The minimum absolute atomic E-state index is 0.0804. The maximum Gasteiger partial charge on any atom is 0.0406 e. The van der Waals surface area contributed by atoms with Crippen LogP contribution in [0.15, 0.2) is 48.5 Å². The number of rotatable bonds is 4. The molecule has 19 heavy (non-hydrogen) atoms. The molecule has 100 valence electrons. The average molecular weight is 294 g/mol. The lowest BCUT2D eigenvalue weighted by atomic mass is 9.87. The number of benzene rings is 2. The first kappa shape index (κ1) is 14.4. The molecule has 0 radical (unpaired) electrons. The molecule has 2 atom stereocenters. The normalized spacial score (nSPS) is 14.1. The summed E-state index contributed by atoms with van der Waals surface area (Å²) < 4.78 is 0. The third-order valence-corrected chi connectivity index (χ3v) is 3.81. The second-order valence-corrected chi connectivity index (χ2v) is 5.72. The van der Waals surface area contributed by atoms with E-state index in [1.54, 1.807) is 0 Å². The first-order chi connectivity index (χ1) is 9.06. The molecule has 0 heterocycles. The Kier molecular flexibility index (Phi) is 4.87. The van der Waals surface area contributed by atoms with Crippen molar-refractivity contribution in [1.29, 1.82) is 0 Å². The molecule has 1 nitrogen and oxygen atoms in total. The van der Waals surface area contributed by atoms with E-state index < -0.39 is 0 Å². The molecule has 0 saturated carbocycles. The molecule has 3 heteroatoms. The van der Waals surface area contributed by atoms with Crippen LogP contribution in [0, 0.1) is 0 Å². The van der Waals surface area contributed by atoms with E-state index in [0.717, 1.165) is 16.5 Å². The number of halogens is 2. The number of hydrogen-bond donors (Lipinski definition) is 1. The molecular weight excluding hydrogens is 277 g/mol. The van der Waals surface area contributed by atoms with Gasteiger partial charge >= 0.3 is 0 Å². The van der Waals surface area contributed by atoms with Gasteiger partial charge < -0.3 is 5.73 Å². The molecule has 0 aliphatic rings. The SMILES string of the molecule is C[C@H](N)[C@H](Cc1ccc(Cl)cc1)c1ccc(Cl)cc1. The summed E-state index contributed by atoms with van der Waals surface area (Å²) in [5, 5.41) is 1.51. The van der Waals surface area contributed by atoms with E-state index in [-0.39, 0.29) is 12.0 Å². The highest BCUT2D eigenvalue weighted by Crippen LogP contribution is 2.25. The Bertz CT molecular complexity index is 517. The van der Waals surface area contributed by atoms with Crippen LogP contribution in [0.2, 0.25) is 10.0 Å². The molecule has 0 fully saturated rings. The Balaban J connectivity index is 2.21.